The fourth-order valence-electron chi connectivity index (χ4n) is 4.05. The van der Waals surface area contributed by atoms with Crippen molar-refractivity contribution in [2.24, 2.45) is 0 Å². The smallest absolute Gasteiger partial charge is 0.258 e. The van der Waals surface area contributed by atoms with Crippen LogP contribution in [0.15, 0.2) is 65.1 Å². The van der Waals surface area contributed by atoms with Gasteiger partial charge in [0, 0.05) is 24.3 Å². The average Bonchev–Trinajstić information content (AvgIpc) is 3.18. The zero-order valence-corrected chi connectivity index (χ0v) is 17.2. The number of benzene rings is 2. The number of anilines is 1. The second kappa shape index (κ2) is 8.51. The number of nitrogens with zero attached hydrogens (tertiary/aromatic N) is 1. The van der Waals surface area contributed by atoms with E-state index in [0.717, 1.165) is 30.5 Å². The summed E-state index contributed by atoms with van der Waals surface area (Å²) in [6.07, 6.45) is 8.27. The molecule has 1 aliphatic heterocycles. The van der Waals surface area contributed by atoms with Crippen molar-refractivity contribution >= 4 is 21.6 Å². The molecule has 0 unspecified atom stereocenters. The predicted molar refractivity (Wildman–Crippen MR) is 115 cm³/mol. The average molecular weight is 411 g/mol. The highest BCUT2D eigenvalue weighted by Crippen LogP contribution is 2.31. The molecule has 2 aromatic carbocycles. The van der Waals surface area contributed by atoms with Crippen molar-refractivity contribution in [3.05, 3.63) is 71.3 Å². The van der Waals surface area contributed by atoms with E-state index in [-0.39, 0.29) is 10.8 Å². The molecule has 1 heterocycles. The molecule has 0 saturated heterocycles. The topological polar surface area (TPSA) is 66.5 Å². The van der Waals surface area contributed by atoms with E-state index in [1.165, 1.54) is 18.4 Å². The zero-order valence-electron chi connectivity index (χ0n) is 16.4. The maximum Gasteiger partial charge on any atom is 0.258 e. The predicted octanol–water partition coefficient (Wildman–Crippen LogP) is 4.06. The van der Waals surface area contributed by atoms with Crippen molar-refractivity contribution in [1.29, 1.82) is 0 Å². The molecule has 2 aromatic rings. The fourth-order valence-corrected chi connectivity index (χ4v) is 5.14. The van der Waals surface area contributed by atoms with Gasteiger partial charge in [-0.15, -0.1) is 0 Å². The molecule has 1 aliphatic carbocycles. The minimum atomic E-state index is -3.55. The summed E-state index contributed by atoms with van der Waals surface area (Å²) in [7, 11) is -3.55. The summed E-state index contributed by atoms with van der Waals surface area (Å²) >= 11 is 0. The molecule has 0 spiro atoms. The van der Waals surface area contributed by atoms with Crippen molar-refractivity contribution < 1.29 is 13.2 Å². The molecular formula is C23H26N2O3S. The number of hydrogen-bond donors (Lipinski definition) is 1. The summed E-state index contributed by atoms with van der Waals surface area (Å²) in [5.74, 6) is -0.0566. The number of carbonyl (C=O) groups is 1. The van der Waals surface area contributed by atoms with Crippen LogP contribution in [0.25, 0.3) is 0 Å². The van der Waals surface area contributed by atoms with E-state index in [9.17, 15) is 13.2 Å². The number of nitrogens with one attached hydrogen (secondary N) is 1. The van der Waals surface area contributed by atoms with Gasteiger partial charge in [0.2, 0.25) is 10.0 Å². The lowest BCUT2D eigenvalue weighted by molar-refractivity contribution is 0.0989. The SMILES string of the molecule is O=C(c1ccccc1)N1CCc2cc(S(=O)(=O)NCCC3=CCCCC3)ccc21. The maximum absolute atomic E-state index is 12.8. The number of rotatable bonds is 6. The van der Waals surface area contributed by atoms with Gasteiger partial charge >= 0.3 is 0 Å². The van der Waals surface area contributed by atoms with E-state index in [4.69, 9.17) is 0 Å². The molecule has 5 nitrogen and oxygen atoms in total. The molecule has 1 N–H and O–H groups in total. The fraction of sp³-hybridized carbons (Fsp3) is 0.348. The third-order valence-electron chi connectivity index (χ3n) is 5.65. The molecule has 0 saturated carbocycles. The van der Waals surface area contributed by atoms with Crippen molar-refractivity contribution in [1.82, 2.24) is 4.72 Å². The van der Waals surface area contributed by atoms with Crippen LogP contribution in [0, 0.1) is 0 Å². The monoisotopic (exact) mass is 410 g/mol. The van der Waals surface area contributed by atoms with Gasteiger partial charge in [0.05, 0.1) is 4.90 Å². The van der Waals surface area contributed by atoms with Gasteiger partial charge in [0.25, 0.3) is 5.91 Å². The van der Waals surface area contributed by atoms with Gasteiger partial charge in [-0.05, 0) is 74.4 Å². The van der Waals surface area contributed by atoms with Crippen LogP contribution in [0.1, 0.15) is 48.0 Å². The molecule has 0 radical (unpaired) electrons. The molecule has 152 valence electrons. The number of allylic oxidation sites excluding steroid dienone is 1. The van der Waals surface area contributed by atoms with E-state index >= 15 is 0 Å². The number of carbonyl (C=O) groups excluding carboxylic acids is 1. The van der Waals surface area contributed by atoms with Gasteiger partial charge in [0.1, 0.15) is 0 Å². The van der Waals surface area contributed by atoms with Gasteiger partial charge in [-0.1, -0.05) is 29.8 Å². The first-order valence-electron chi connectivity index (χ1n) is 10.2. The van der Waals surface area contributed by atoms with Gasteiger partial charge in [0.15, 0.2) is 0 Å². The lowest BCUT2D eigenvalue weighted by Crippen LogP contribution is -2.28. The van der Waals surface area contributed by atoms with E-state index < -0.39 is 10.0 Å². The van der Waals surface area contributed by atoms with Crippen molar-refractivity contribution in [2.75, 3.05) is 18.0 Å². The highest BCUT2D eigenvalue weighted by Gasteiger charge is 2.27. The first-order valence-corrected chi connectivity index (χ1v) is 11.7. The molecule has 0 bridgehead atoms. The second-order valence-electron chi connectivity index (χ2n) is 7.62. The third-order valence-corrected chi connectivity index (χ3v) is 7.10. The Morgan fingerprint density at radius 1 is 1.03 bits per heavy atom. The summed E-state index contributed by atoms with van der Waals surface area (Å²) < 4.78 is 28.1. The van der Waals surface area contributed by atoms with E-state index in [1.807, 2.05) is 18.2 Å². The number of sulfonamides is 1. The van der Waals surface area contributed by atoms with Crippen LogP contribution in [0.5, 0.6) is 0 Å². The van der Waals surface area contributed by atoms with Crippen molar-refractivity contribution in [3.63, 3.8) is 0 Å². The Morgan fingerprint density at radius 2 is 1.86 bits per heavy atom. The lowest BCUT2D eigenvalue weighted by Gasteiger charge is -2.18. The summed E-state index contributed by atoms with van der Waals surface area (Å²) in [5, 5.41) is 0. The Hall–Kier alpha value is -2.44. The molecule has 6 heteroatoms. The van der Waals surface area contributed by atoms with Crippen molar-refractivity contribution in [2.45, 2.75) is 43.4 Å². The lowest BCUT2D eigenvalue weighted by atomic mass is 9.97. The Kier molecular flexibility index (Phi) is 5.83. The quantitative estimate of drug-likeness (QED) is 0.731. The standard InChI is InChI=1S/C23H26N2O3S/c26-23(19-9-5-2-6-10-19)25-16-14-20-17-21(11-12-22(20)25)29(27,28)24-15-13-18-7-3-1-4-8-18/h2,5-7,9-12,17,24H,1,3-4,8,13-16H2. The molecule has 1 amide bonds. The van der Waals surface area contributed by atoms with Crippen LogP contribution < -0.4 is 9.62 Å². The molecule has 4 rings (SSSR count). The molecule has 29 heavy (non-hydrogen) atoms. The minimum Gasteiger partial charge on any atom is -0.308 e. The Labute approximate surface area is 172 Å². The summed E-state index contributed by atoms with van der Waals surface area (Å²) in [4.78, 5) is 14.8. The number of hydrogen-bond acceptors (Lipinski definition) is 3. The molecule has 0 atom stereocenters. The van der Waals surface area contributed by atoms with E-state index in [0.29, 0.717) is 25.1 Å². The second-order valence-corrected chi connectivity index (χ2v) is 9.39. The highest BCUT2D eigenvalue weighted by molar-refractivity contribution is 7.89. The van der Waals surface area contributed by atoms with Crippen LogP contribution in [-0.2, 0) is 16.4 Å². The largest absolute Gasteiger partial charge is 0.308 e. The highest BCUT2D eigenvalue weighted by atomic mass is 32.2. The molecule has 0 fully saturated rings. The number of amides is 1. The summed E-state index contributed by atoms with van der Waals surface area (Å²) in [6.45, 7) is 0.984. The molecule has 2 aliphatic rings. The van der Waals surface area contributed by atoms with Gasteiger partial charge in [-0.3, -0.25) is 4.79 Å². The van der Waals surface area contributed by atoms with Gasteiger partial charge in [-0.25, -0.2) is 13.1 Å². The van der Waals surface area contributed by atoms with Crippen LogP contribution in [0.4, 0.5) is 5.69 Å². The normalized spacial score (nSPS) is 16.4. The van der Waals surface area contributed by atoms with E-state index in [2.05, 4.69) is 10.8 Å². The van der Waals surface area contributed by atoms with Crippen molar-refractivity contribution in [3.8, 4) is 0 Å². The van der Waals surface area contributed by atoms with Crippen LogP contribution in [-0.4, -0.2) is 27.4 Å². The van der Waals surface area contributed by atoms with Crippen LogP contribution in [0.3, 0.4) is 0 Å². The minimum absolute atomic E-state index is 0.0566. The van der Waals surface area contributed by atoms with Crippen LogP contribution in [0.2, 0.25) is 0 Å². The Morgan fingerprint density at radius 3 is 2.62 bits per heavy atom. The third kappa shape index (κ3) is 4.43. The Bertz CT molecular complexity index is 1030. The zero-order chi connectivity index (χ0) is 20.3. The van der Waals surface area contributed by atoms with E-state index in [1.54, 1.807) is 35.2 Å². The maximum atomic E-state index is 12.8. The molecular weight excluding hydrogens is 384 g/mol. The first kappa shape index (κ1) is 19.9. The molecule has 0 aromatic heterocycles. The first-order chi connectivity index (χ1) is 14.0. The summed E-state index contributed by atoms with van der Waals surface area (Å²) in [6, 6.07) is 14.2. The van der Waals surface area contributed by atoms with Crippen LogP contribution >= 0.6 is 0 Å². The van der Waals surface area contributed by atoms with Gasteiger partial charge in [-0.2, -0.15) is 0 Å². The summed E-state index contributed by atoms with van der Waals surface area (Å²) in [5.41, 5.74) is 3.68. The van der Waals surface area contributed by atoms with Gasteiger partial charge < -0.3 is 4.90 Å². The number of fused-ring (bicyclic) bond motifs is 1. The Balaban J connectivity index is 1.45.